The summed E-state index contributed by atoms with van der Waals surface area (Å²) in [6, 6.07) is 8.75. The molecule has 0 spiro atoms. The summed E-state index contributed by atoms with van der Waals surface area (Å²) >= 11 is 0. The number of fused-ring (bicyclic) bond motifs is 1. The summed E-state index contributed by atoms with van der Waals surface area (Å²) in [6.45, 7) is 6.06. The molecule has 0 N–H and O–H groups in total. The van der Waals surface area contributed by atoms with Crippen LogP contribution < -0.4 is 0 Å². The number of amides is 3. The smallest absolute Gasteiger partial charge is 0.270 e. The van der Waals surface area contributed by atoms with E-state index in [1.807, 2.05) is 51.1 Å². The van der Waals surface area contributed by atoms with Crippen LogP contribution in [-0.2, 0) is 11.3 Å². The van der Waals surface area contributed by atoms with Crippen LogP contribution in [0.4, 0.5) is 4.79 Å². The Morgan fingerprint density at radius 2 is 1.89 bits per heavy atom. The molecule has 1 aromatic heterocycles. The van der Waals surface area contributed by atoms with Gasteiger partial charge in [0.15, 0.2) is 0 Å². The predicted octanol–water partition coefficient (Wildman–Crippen LogP) is 1.53. The molecule has 0 saturated carbocycles. The fraction of sp³-hybridized carbons (Fsp3) is 0.350. The third-order valence-corrected chi connectivity index (χ3v) is 5.15. The van der Waals surface area contributed by atoms with Crippen molar-refractivity contribution in [1.29, 1.82) is 0 Å². The van der Waals surface area contributed by atoms with Gasteiger partial charge in [-0.2, -0.15) is 0 Å². The van der Waals surface area contributed by atoms with Crippen molar-refractivity contribution in [2.75, 3.05) is 14.1 Å². The number of likely N-dealkylation sites (N-methyl/N-ethyl adjacent to an activating group) is 2. The lowest BCUT2D eigenvalue weighted by atomic mass is 10.1. The van der Waals surface area contributed by atoms with Gasteiger partial charge in [0.1, 0.15) is 5.69 Å². The molecule has 3 heterocycles. The van der Waals surface area contributed by atoms with Gasteiger partial charge in [0.05, 0.1) is 19.3 Å². The van der Waals surface area contributed by atoms with Crippen LogP contribution in [0.15, 0.2) is 35.3 Å². The number of imide groups is 1. The lowest BCUT2D eigenvalue weighted by Gasteiger charge is -2.33. The van der Waals surface area contributed by atoms with Crippen molar-refractivity contribution in [3.8, 4) is 0 Å². The van der Waals surface area contributed by atoms with Gasteiger partial charge in [-0.1, -0.05) is 34.8 Å². The van der Waals surface area contributed by atoms with Crippen LogP contribution in [0.1, 0.15) is 22.5 Å². The van der Waals surface area contributed by atoms with Crippen molar-refractivity contribution in [1.82, 2.24) is 19.6 Å². The summed E-state index contributed by atoms with van der Waals surface area (Å²) in [5, 5.41) is 4.47. The predicted molar refractivity (Wildman–Crippen MR) is 104 cm³/mol. The van der Waals surface area contributed by atoms with Crippen molar-refractivity contribution in [3.63, 3.8) is 0 Å². The number of aryl methyl sites for hydroxylation is 3. The third-order valence-electron chi connectivity index (χ3n) is 5.15. The van der Waals surface area contributed by atoms with Crippen molar-refractivity contribution >= 4 is 23.7 Å². The number of hydrogen-bond acceptors (Lipinski definition) is 4. The van der Waals surface area contributed by atoms with Crippen LogP contribution in [-0.4, -0.2) is 68.0 Å². The van der Waals surface area contributed by atoms with E-state index >= 15 is 0 Å². The number of carbonyl (C=O) groups excluding carboxylic acids is 2. The molecule has 1 aromatic carbocycles. The lowest BCUT2D eigenvalue weighted by Crippen LogP contribution is -2.62. The van der Waals surface area contributed by atoms with Crippen LogP contribution >= 0.6 is 0 Å². The molecule has 2 aliphatic heterocycles. The Labute approximate surface area is 163 Å². The minimum Gasteiger partial charge on any atom is -0.270 e. The van der Waals surface area contributed by atoms with Gasteiger partial charge in [0.2, 0.25) is 11.9 Å². The number of rotatable bonds is 2. The lowest BCUT2D eigenvalue weighted by molar-refractivity contribution is -0.507. The van der Waals surface area contributed by atoms with Crippen LogP contribution in [0.25, 0.3) is 0 Å². The Bertz CT molecular complexity index is 1060. The highest BCUT2D eigenvalue weighted by Crippen LogP contribution is 2.22. The summed E-state index contributed by atoms with van der Waals surface area (Å²) in [6.07, 6.45) is 0. The largest absolute Gasteiger partial charge is 0.421 e. The number of nitrogens with zero attached hydrogens (tertiary/aromatic N) is 6. The minimum absolute atomic E-state index is 0.233. The van der Waals surface area contributed by atoms with Crippen molar-refractivity contribution in [3.05, 3.63) is 52.8 Å². The Hall–Kier alpha value is -3.29. The van der Waals surface area contributed by atoms with Gasteiger partial charge >= 0.3 is 12.0 Å². The SMILES string of the molecule is Cc1cccc(CN2C(=O)C3C(=NC(n4nc(C)cc4C)=[N+]3C)N(C)C2=O)c1. The maximum Gasteiger partial charge on any atom is 0.421 e. The monoisotopic (exact) mass is 379 g/mol. The second kappa shape index (κ2) is 6.40. The molecule has 1 atom stereocenters. The topological polar surface area (TPSA) is 73.8 Å². The normalized spacial score (nSPS) is 19.5. The second-order valence-electron chi connectivity index (χ2n) is 7.38. The number of amidine groups is 1. The molecule has 28 heavy (non-hydrogen) atoms. The van der Waals surface area contributed by atoms with Crippen molar-refractivity contribution in [2.45, 2.75) is 33.4 Å². The van der Waals surface area contributed by atoms with Crippen LogP contribution in [0.3, 0.4) is 0 Å². The Morgan fingerprint density at radius 3 is 2.54 bits per heavy atom. The van der Waals surface area contributed by atoms with E-state index in [1.54, 1.807) is 23.4 Å². The molecule has 1 unspecified atom stereocenters. The maximum absolute atomic E-state index is 13.2. The van der Waals surface area contributed by atoms with Gasteiger partial charge in [-0.15, -0.1) is 9.78 Å². The quantitative estimate of drug-likeness (QED) is 0.743. The first-order valence-corrected chi connectivity index (χ1v) is 9.14. The summed E-state index contributed by atoms with van der Waals surface area (Å²) in [4.78, 5) is 33.5. The number of benzene rings is 1. The number of hydrogen-bond donors (Lipinski definition) is 0. The zero-order valence-electron chi connectivity index (χ0n) is 16.7. The van der Waals surface area contributed by atoms with E-state index in [-0.39, 0.29) is 18.5 Å². The molecule has 0 aliphatic carbocycles. The van der Waals surface area contributed by atoms with E-state index in [4.69, 9.17) is 0 Å². The molecule has 2 aromatic rings. The summed E-state index contributed by atoms with van der Waals surface area (Å²) in [5.41, 5.74) is 3.78. The maximum atomic E-state index is 13.2. The van der Waals surface area contributed by atoms with Gasteiger partial charge in [0, 0.05) is 7.05 Å². The molecule has 3 amide bonds. The Balaban J connectivity index is 1.72. The van der Waals surface area contributed by atoms with E-state index in [0.717, 1.165) is 22.5 Å². The molecule has 144 valence electrons. The average Bonchev–Trinajstić information content (AvgIpc) is 3.15. The van der Waals surface area contributed by atoms with E-state index in [0.29, 0.717) is 11.8 Å². The molecule has 1 saturated heterocycles. The molecule has 4 rings (SSSR count). The number of aliphatic imine (C=N–C) groups is 1. The van der Waals surface area contributed by atoms with Crippen LogP contribution in [0, 0.1) is 20.8 Å². The Kier molecular flexibility index (Phi) is 4.14. The fourth-order valence-electron chi connectivity index (χ4n) is 3.75. The van der Waals surface area contributed by atoms with Crippen LogP contribution in [0.5, 0.6) is 0 Å². The molecular weight excluding hydrogens is 356 g/mol. The highest BCUT2D eigenvalue weighted by Gasteiger charge is 2.52. The first-order valence-electron chi connectivity index (χ1n) is 9.14. The second-order valence-corrected chi connectivity index (χ2v) is 7.38. The molecule has 0 bridgehead atoms. The molecule has 8 nitrogen and oxygen atoms in total. The molecule has 2 aliphatic rings. The van der Waals surface area contributed by atoms with Gasteiger partial charge < -0.3 is 0 Å². The highest BCUT2D eigenvalue weighted by atomic mass is 16.2. The molecule has 1 fully saturated rings. The van der Waals surface area contributed by atoms with E-state index in [9.17, 15) is 9.59 Å². The van der Waals surface area contributed by atoms with E-state index in [2.05, 4.69) is 10.1 Å². The summed E-state index contributed by atoms with van der Waals surface area (Å²) in [7, 11) is 3.46. The Morgan fingerprint density at radius 1 is 1.14 bits per heavy atom. The highest BCUT2D eigenvalue weighted by molar-refractivity contribution is 6.22. The van der Waals surface area contributed by atoms with Gasteiger partial charge in [-0.05, 0) is 32.4 Å². The van der Waals surface area contributed by atoms with E-state index in [1.165, 1.54) is 9.80 Å². The first-order chi connectivity index (χ1) is 13.3. The van der Waals surface area contributed by atoms with Crippen molar-refractivity contribution < 1.29 is 14.2 Å². The number of urea groups is 1. The minimum atomic E-state index is -0.647. The average molecular weight is 379 g/mol. The number of carbonyl (C=O) groups is 2. The van der Waals surface area contributed by atoms with Gasteiger partial charge in [-0.3, -0.25) is 14.6 Å². The van der Waals surface area contributed by atoms with E-state index < -0.39 is 6.04 Å². The third kappa shape index (κ3) is 2.72. The summed E-state index contributed by atoms with van der Waals surface area (Å²) in [5.74, 6) is 0.693. The molecule has 0 radical (unpaired) electrons. The first kappa shape index (κ1) is 18.1. The molecular formula is C20H23N6O2+. The fourth-order valence-corrected chi connectivity index (χ4v) is 3.75. The van der Waals surface area contributed by atoms with Crippen LogP contribution in [0.2, 0.25) is 0 Å². The van der Waals surface area contributed by atoms with Crippen molar-refractivity contribution in [2.24, 2.45) is 4.99 Å². The number of aromatic nitrogens is 2. The zero-order chi connectivity index (χ0) is 20.2. The van der Waals surface area contributed by atoms with Gasteiger partial charge in [-0.25, -0.2) is 9.37 Å². The summed E-state index contributed by atoms with van der Waals surface area (Å²) < 4.78 is 3.49. The standard InChI is InChI=1S/C20H23N6O2/c1-12-7-6-8-15(9-12)11-25-18(27)16-17(24(5)20(25)28)21-19(23(16)4)26-14(3)10-13(2)22-26/h6-10,16H,11H2,1-5H3/q+1. The molecule has 8 heteroatoms. The zero-order valence-corrected chi connectivity index (χ0v) is 16.7. The van der Waals surface area contributed by atoms with Gasteiger partial charge in [0.25, 0.3) is 5.91 Å².